The molecule has 30 heavy (non-hydrogen) atoms. The van der Waals surface area contributed by atoms with Gasteiger partial charge in [-0.3, -0.25) is 9.80 Å². The Balaban J connectivity index is 1.56. The van der Waals surface area contributed by atoms with Gasteiger partial charge in [0.1, 0.15) is 5.82 Å². The fourth-order valence-electron chi connectivity index (χ4n) is 4.95. The van der Waals surface area contributed by atoms with E-state index in [-0.39, 0.29) is 22.9 Å². The monoisotopic (exact) mass is 412 g/mol. The second-order valence-electron chi connectivity index (χ2n) is 8.65. The molecule has 0 atom stereocenters. The van der Waals surface area contributed by atoms with Crippen LogP contribution < -0.4 is 15.5 Å². The second kappa shape index (κ2) is 7.50. The van der Waals surface area contributed by atoms with Crippen LogP contribution in [0.1, 0.15) is 36.9 Å². The maximum absolute atomic E-state index is 13.9. The van der Waals surface area contributed by atoms with Crippen LogP contribution in [0.2, 0.25) is 0 Å². The van der Waals surface area contributed by atoms with E-state index in [2.05, 4.69) is 25.5 Å². The molecule has 2 aromatic rings. The molecule has 2 heterocycles. The third-order valence-corrected chi connectivity index (χ3v) is 6.80. The number of hydrogen-bond acceptors (Lipinski definition) is 5. The van der Waals surface area contributed by atoms with Crippen molar-refractivity contribution in [1.82, 2.24) is 20.2 Å². The lowest BCUT2D eigenvalue weighted by Gasteiger charge is -2.48. The summed E-state index contributed by atoms with van der Waals surface area (Å²) in [5.41, 5.74) is 1.96. The minimum atomic E-state index is -0.294. The summed E-state index contributed by atoms with van der Waals surface area (Å²) < 4.78 is 13.9. The third-order valence-electron chi connectivity index (χ3n) is 6.80. The molecular formula is C22H29FN6O. The summed E-state index contributed by atoms with van der Waals surface area (Å²) in [5.74, 6) is 0.323. The molecule has 0 radical (unpaired) electrons. The lowest BCUT2D eigenvalue weighted by molar-refractivity contribution is 0.0655. The minimum Gasteiger partial charge on any atom is -0.357 e. The third kappa shape index (κ3) is 3.39. The minimum absolute atomic E-state index is 0.109. The molecule has 1 saturated heterocycles. The predicted molar refractivity (Wildman–Crippen MR) is 115 cm³/mol. The van der Waals surface area contributed by atoms with Crippen molar-refractivity contribution in [2.75, 3.05) is 37.9 Å². The fourth-order valence-corrected chi connectivity index (χ4v) is 4.95. The van der Waals surface area contributed by atoms with Crippen LogP contribution in [-0.4, -0.2) is 54.1 Å². The lowest BCUT2D eigenvalue weighted by Crippen LogP contribution is -2.54. The maximum Gasteiger partial charge on any atom is 0.322 e. The summed E-state index contributed by atoms with van der Waals surface area (Å²) in [6, 6.07) is 6.79. The van der Waals surface area contributed by atoms with Crippen LogP contribution in [0.3, 0.4) is 0 Å². The van der Waals surface area contributed by atoms with E-state index in [0.29, 0.717) is 12.5 Å². The molecule has 160 valence electrons. The molecule has 0 bridgehead atoms. The molecule has 2 amide bonds. The first-order valence-electron chi connectivity index (χ1n) is 10.3. The van der Waals surface area contributed by atoms with Gasteiger partial charge in [0.15, 0.2) is 0 Å². The van der Waals surface area contributed by atoms with E-state index in [0.717, 1.165) is 42.6 Å². The van der Waals surface area contributed by atoms with Gasteiger partial charge in [-0.05, 0) is 64.4 Å². The van der Waals surface area contributed by atoms with Crippen LogP contribution in [0.4, 0.5) is 20.8 Å². The summed E-state index contributed by atoms with van der Waals surface area (Å²) in [6.07, 6.45) is 5.01. The number of aromatic nitrogens is 2. The van der Waals surface area contributed by atoms with Gasteiger partial charge in [-0.25, -0.2) is 19.2 Å². The van der Waals surface area contributed by atoms with Crippen molar-refractivity contribution in [2.45, 2.75) is 43.7 Å². The number of halogens is 1. The Morgan fingerprint density at radius 1 is 1.23 bits per heavy atom. The highest BCUT2D eigenvalue weighted by molar-refractivity contribution is 5.95. The van der Waals surface area contributed by atoms with E-state index >= 15 is 0 Å². The van der Waals surface area contributed by atoms with E-state index in [1.54, 1.807) is 30.3 Å². The number of nitrogens with zero attached hydrogens (tertiary/aromatic N) is 4. The number of hydrogen-bond donors (Lipinski definition) is 2. The van der Waals surface area contributed by atoms with Gasteiger partial charge >= 0.3 is 6.03 Å². The molecule has 8 heteroatoms. The Hall–Kier alpha value is -2.74. The van der Waals surface area contributed by atoms with Crippen LogP contribution in [0.5, 0.6) is 0 Å². The van der Waals surface area contributed by atoms with E-state index in [1.807, 2.05) is 27.1 Å². The first-order valence-corrected chi connectivity index (χ1v) is 10.3. The van der Waals surface area contributed by atoms with Crippen molar-refractivity contribution >= 4 is 17.7 Å². The highest BCUT2D eigenvalue weighted by Gasteiger charge is 2.50. The zero-order valence-electron chi connectivity index (χ0n) is 18.0. The Kier molecular flexibility index (Phi) is 5.13. The molecule has 2 N–H and O–H groups in total. The van der Waals surface area contributed by atoms with Crippen molar-refractivity contribution in [3.05, 3.63) is 47.5 Å². The van der Waals surface area contributed by atoms with E-state index in [4.69, 9.17) is 0 Å². The van der Waals surface area contributed by atoms with Crippen LogP contribution >= 0.6 is 0 Å². The van der Waals surface area contributed by atoms with Gasteiger partial charge in [0.2, 0.25) is 5.95 Å². The van der Waals surface area contributed by atoms with Crippen LogP contribution in [0.25, 0.3) is 0 Å². The predicted octanol–water partition coefficient (Wildman–Crippen LogP) is 3.27. The van der Waals surface area contributed by atoms with Gasteiger partial charge in [0.25, 0.3) is 0 Å². The highest BCUT2D eigenvalue weighted by atomic mass is 19.1. The summed E-state index contributed by atoms with van der Waals surface area (Å²) in [5, 5.41) is 6.16. The number of anilines is 2. The maximum atomic E-state index is 13.9. The van der Waals surface area contributed by atoms with Gasteiger partial charge in [0.05, 0.1) is 29.7 Å². The van der Waals surface area contributed by atoms with Gasteiger partial charge in [0, 0.05) is 12.6 Å². The average Bonchev–Trinajstić information content (AvgIpc) is 3.04. The van der Waals surface area contributed by atoms with Gasteiger partial charge in [-0.2, -0.15) is 0 Å². The molecule has 1 aromatic carbocycles. The number of carbonyl (C=O) groups is 1. The summed E-state index contributed by atoms with van der Waals surface area (Å²) >= 11 is 0. The molecule has 1 spiro atoms. The number of benzene rings is 1. The summed E-state index contributed by atoms with van der Waals surface area (Å²) in [7, 11) is 5.86. The number of nitrogens with one attached hydrogen (secondary N) is 2. The molecule has 1 aliphatic heterocycles. The second-order valence-corrected chi connectivity index (χ2v) is 8.65. The molecule has 7 nitrogen and oxygen atoms in total. The Bertz CT molecular complexity index is 954. The van der Waals surface area contributed by atoms with Crippen molar-refractivity contribution in [3.8, 4) is 0 Å². The Morgan fingerprint density at radius 3 is 2.57 bits per heavy atom. The van der Waals surface area contributed by atoms with Crippen molar-refractivity contribution in [3.63, 3.8) is 0 Å². The fraction of sp³-hybridized carbons (Fsp3) is 0.500. The molecule has 2 aliphatic rings. The molecule has 1 saturated carbocycles. The van der Waals surface area contributed by atoms with E-state index < -0.39 is 0 Å². The van der Waals surface area contributed by atoms with E-state index in [1.165, 1.54) is 6.07 Å². The van der Waals surface area contributed by atoms with Crippen molar-refractivity contribution in [1.29, 1.82) is 0 Å². The van der Waals surface area contributed by atoms with Crippen LogP contribution in [0, 0.1) is 12.7 Å². The lowest BCUT2D eigenvalue weighted by atomic mass is 9.69. The van der Waals surface area contributed by atoms with Crippen molar-refractivity contribution < 1.29 is 9.18 Å². The number of aryl methyl sites for hydroxylation is 1. The quantitative estimate of drug-likeness (QED) is 0.806. The number of amides is 2. The molecule has 4 rings (SSSR count). The topological polar surface area (TPSA) is 73.4 Å². The normalized spacial score (nSPS) is 26.3. The number of rotatable bonds is 4. The van der Waals surface area contributed by atoms with Crippen molar-refractivity contribution in [2.24, 2.45) is 0 Å². The molecule has 2 fully saturated rings. The van der Waals surface area contributed by atoms with E-state index in [9.17, 15) is 9.18 Å². The zero-order valence-corrected chi connectivity index (χ0v) is 18.0. The van der Waals surface area contributed by atoms with Gasteiger partial charge in [-0.15, -0.1) is 0 Å². The molecular weight excluding hydrogens is 383 g/mol. The van der Waals surface area contributed by atoms with Crippen LogP contribution in [-0.2, 0) is 5.54 Å². The number of urea groups is 1. The smallest absolute Gasteiger partial charge is 0.322 e. The van der Waals surface area contributed by atoms with Crippen LogP contribution in [0.15, 0.2) is 30.5 Å². The summed E-state index contributed by atoms with van der Waals surface area (Å²) in [6.45, 7) is 2.47. The molecule has 1 aliphatic carbocycles. The summed E-state index contributed by atoms with van der Waals surface area (Å²) in [4.78, 5) is 25.5. The number of carbonyl (C=O) groups excluding carboxylic acids is 1. The highest BCUT2D eigenvalue weighted by Crippen LogP contribution is 2.46. The Morgan fingerprint density at radius 2 is 1.97 bits per heavy atom. The standard InChI is InChI=1S/C22H29FN6O/c1-15-18(13-25-19(24-2)26-15)29-14-21(27-20(29)30)8-10-22(11-9-21,28(3)4)16-6-5-7-17(23)12-16/h5-7,12-13H,8-11,14H2,1-4H3,(H,27,30)(H,24,25,26)/t21-,22+. The zero-order chi connectivity index (χ0) is 21.5. The van der Waals surface area contributed by atoms with Gasteiger partial charge < -0.3 is 10.6 Å². The first-order chi connectivity index (χ1) is 14.3. The largest absolute Gasteiger partial charge is 0.357 e. The SMILES string of the molecule is CNc1ncc(N2C[C@]3(CC[C@](c4cccc(F)c4)(N(C)C)CC3)NC2=O)c(C)n1. The Labute approximate surface area is 176 Å². The first kappa shape index (κ1) is 20.5. The van der Waals surface area contributed by atoms with Gasteiger partial charge in [-0.1, -0.05) is 12.1 Å². The molecule has 0 unspecified atom stereocenters. The molecule has 1 aromatic heterocycles. The average molecular weight is 413 g/mol.